The van der Waals surface area contributed by atoms with Gasteiger partial charge in [0.25, 0.3) is 0 Å². The zero-order valence-corrected chi connectivity index (χ0v) is 18.7. The highest BCUT2D eigenvalue weighted by Crippen LogP contribution is 2.14. The third kappa shape index (κ3) is 8.70. The Balaban J connectivity index is 1.77. The second-order valence-electron chi connectivity index (χ2n) is 7.52. The monoisotopic (exact) mass is 414 g/mol. The lowest BCUT2D eigenvalue weighted by atomic mass is 10.1. The number of rotatable bonds is 10. The predicted octanol–water partition coefficient (Wildman–Crippen LogP) is 5.19. The van der Waals surface area contributed by atoms with Gasteiger partial charge in [-0.15, -0.1) is 0 Å². The van der Waals surface area contributed by atoms with Gasteiger partial charge in [-0.05, 0) is 47.5 Å². The van der Waals surface area contributed by atoms with Crippen LogP contribution in [0.2, 0.25) is 0 Å². The number of hydrogen-bond acceptors (Lipinski definition) is 4. The molecule has 160 valence electrons. The topological polar surface area (TPSA) is 40.6 Å². The van der Waals surface area contributed by atoms with Crippen molar-refractivity contribution in [3.63, 3.8) is 0 Å². The fourth-order valence-electron chi connectivity index (χ4n) is 2.72. The van der Waals surface area contributed by atoms with E-state index in [1.165, 1.54) is 12.2 Å². The summed E-state index contributed by atoms with van der Waals surface area (Å²) >= 11 is 0. The predicted molar refractivity (Wildman–Crippen MR) is 133 cm³/mol. The number of hydrogen-bond donors (Lipinski definition) is 0. The van der Waals surface area contributed by atoms with E-state index in [2.05, 4.69) is 0 Å². The van der Waals surface area contributed by atoms with E-state index in [1.807, 2.05) is 98.7 Å². The van der Waals surface area contributed by atoms with Crippen LogP contribution in [0.25, 0.3) is 12.2 Å². The number of allylic oxidation sites excluding steroid dienone is 6. The molecule has 0 aromatic heterocycles. The molecule has 0 fully saturated rings. The van der Waals surface area contributed by atoms with Crippen LogP contribution in [-0.4, -0.2) is 39.8 Å². The smallest absolute Gasteiger partial charge is 0.163 e. The summed E-state index contributed by atoms with van der Waals surface area (Å²) in [6.45, 7) is 0. The molecule has 2 aromatic carbocycles. The molecule has 0 saturated heterocycles. The van der Waals surface area contributed by atoms with Crippen LogP contribution in [0.3, 0.4) is 0 Å². The molecule has 4 nitrogen and oxygen atoms in total. The van der Waals surface area contributed by atoms with Gasteiger partial charge in [-0.2, -0.15) is 0 Å². The van der Waals surface area contributed by atoms with E-state index < -0.39 is 0 Å². The van der Waals surface area contributed by atoms with Gasteiger partial charge in [0.15, 0.2) is 11.6 Å². The van der Waals surface area contributed by atoms with Crippen LogP contribution >= 0.6 is 0 Å². The van der Waals surface area contributed by atoms with Crippen molar-refractivity contribution >= 4 is 35.1 Å². The molecule has 4 heteroatoms. The quantitative estimate of drug-likeness (QED) is 0.305. The maximum atomic E-state index is 11.9. The van der Waals surface area contributed by atoms with Gasteiger partial charge in [0.2, 0.25) is 0 Å². The molecule has 2 rings (SSSR count). The summed E-state index contributed by atoms with van der Waals surface area (Å²) in [4.78, 5) is 27.9. The largest absolute Gasteiger partial charge is 0.378 e. The average Bonchev–Trinajstić information content (AvgIpc) is 2.75. The highest BCUT2D eigenvalue weighted by molar-refractivity contribution is 6.08. The zero-order chi connectivity index (χ0) is 22.6. The van der Waals surface area contributed by atoms with Gasteiger partial charge >= 0.3 is 0 Å². The fraction of sp³-hybridized carbons (Fsp3) is 0.185. The molecule has 0 amide bonds. The Labute approximate surface area is 185 Å². The van der Waals surface area contributed by atoms with Crippen molar-refractivity contribution in [1.29, 1.82) is 0 Å². The number of benzene rings is 2. The van der Waals surface area contributed by atoms with E-state index in [0.717, 1.165) is 22.5 Å². The molecule has 0 N–H and O–H groups in total. The van der Waals surface area contributed by atoms with Crippen molar-refractivity contribution in [3.8, 4) is 0 Å². The van der Waals surface area contributed by atoms with Crippen LogP contribution in [0.4, 0.5) is 11.4 Å². The summed E-state index contributed by atoms with van der Waals surface area (Å²) in [5.74, 6) is -0.434. The summed E-state index contributed by atoms with van der Waals surface area (Å²) in [6.07, 6.45) is 13.5. The Morgan fingerprint density at radius 1 is 0.613 bits per heavy atom. The lowest BCUT2D eigenvalue weighted by Gasteiger charge is -2.11. The number of ketones is 2. The van der Waals surface area contributed by atoms with Crippen LogP contribution in [0.15, 0.2) is 85.0 Å². The number of carbonyl (C=O) groups is 2. The van der Waals surface area contributed by atoms with Crippen molar-refractivity contribution in [2.45, 2.75) is 6.42 Å². The molecule has 0 aliphatic rings. The van der Waals surface area contributed by atoms with Crippen molar-refractivity contribution in [3.05, 3.63) is 96.1 Å². The number of carbonyl (C=O) groups excluding carboxylic acids is 2. The fourth-order valence-corrected chi connectivity index (χ4v) is 2.72. The zero-order valence-electron chi connectivity index (χ0n) is 18.7. The second-order valence-corrected chi connectivity index (χ2v) is 7.52. The first-order valence-corrected chi connectivity index (χ1v) is 10.1. The van der Waals surface area contributed by atoms with E-state index >= 15 is 0 Å². The van der Waals surface area contributed by atoms with Crippen molar-refractivity contribution in [2.75, 3.05) is 38.0 Å². The minimum Gasteiger partial charge on any atom is -0.378 e. The summed E-state index contributed by atoms with van der Waals surface area (Å²) in [5, 5.41) is 0. The van der Waals surface area contributed by atoms with Crippen molar-refractivity contribution < 1.29 is 9.59 Å². The summed E-state index contributed by atoms with van der Waals surface area (Å²) in [6, 6.07) is 16.2. The molecular formula is C27H30N2O2. The van der Waals surface area contributed by atoms with E-state index in [4.69, 9.17) is 0 Å². The first-order valence-electron chi connectivity index (χ1n) is 10.1. The maximum Gasteiger partial charge on any atom is 0.163 e. The van der Waals surface area contributed by atoms with Gasteiger partial charge in [0, 0.05) is 39.6 Å². The Morgan fingerprint density at radius 2 is 0.968 bits per heavy atom. The SMILES string of the molecule is CN(C)c1ccc(C=CC=CC(=O)CC(=O)C=CC=Cc2ccc(N(C)C)cc2)cc1. The Morgan fingerprint density at radius 3 is 1.29 bits per heavy atom. The van der Waals surface area contributed by atoms with E-state index in [-0.39, 0.29) is 18.0 Å². The lowest BCUT2D eigenvalue weighted by molar-refractivity contribution is -0.121. The van der Waals surface area contributed by atoms with Crippen molar-refractivity contribution in [2.24, 2.45) is 0 Å². The summed E-state index contributed by atoms with van der Waals surface area (Å²) in [7, 11) is 7.98. The second kappa shape index (κ2) is 12.1. The molecule has 0 saturated carbocycles. The number of nitrogens with zero attached hydrogens (tertiary/aromatic N) is 2. The van der Waals surface area contributed by atoms with Gasteiger partial charge < -0.3 is 9.80 Å². The molecule has 0 aliphatic carbocycles. The Hall–Kier alpha value is -3.66. The van der Waals surface area contributed by atoms with Crippen molar-refractivity contribution in [1.82, 2.24) is 0 Å². The third-order valence-electron chi connectivity index (χ3n) is 4.53. The molecule has 31 heavy (non-hydrogen) atoms. The standard InChI is InChI=1S/C27H30N2O2/c1-28(2)24-17-13-22(14-18-24)9-5-7-11-26(30)21-27(31)12-8-6-10-23-15-19-25(20-16-23)29(3)4/h5-20H,21H2,1-4H3. The first-order chi connectivity index (χ1) is 14.8. The molecule has 0 heterocycles. The lowest BCUT2D eigenvalue weighted by Crippen LogP contribution is -2.07. The normalized spacial score (nSPS) is 11.7. The highest BCUT2D eigenvalue weighted by Gasteiger charge is 2.02. The average molecular weight is 415 g/mol. The van der Waals surface area contributed by atoms with Gasteiger partial charge in [-0.3, -0.25) is 9.59 Å². The summed E-state index contributed by atoms with van der Waals surface area (Å²) in [5.41, 5.74) is 4.35. The van der Waals surface area contributed by atoms with Gasteiger partial charge in [0.1, 0.15) is 0 Å². The number of anilines is 2. The highest BCUT2D eigenvalue weighted by atomic mass is 16.1. The Kier molecular flexibility index (Phi) is 9.24. The Bertz CT molecular complexity index is 895. The molecule has 2 aromatic rings. The van der Waals surface area contributed by atoms with Crippen LogP contribution in [0, 0.1) is 0 Å². The van der Waals surface area contributed by atoms with Gasteiger partial charge in [-0.25, -0.2) is 0 Å². The minimum absolute atomic E-state index is 0.135. The molecule has 0 radical (unpaired) electrons. The summed E-state index contributed by atoms with van der Waals surface area (Å²) < 4.78 is 0. The van der Waals surface area contributed by atoms with Crippen LogP contribution in [0.5, 0.6) is 0 Å². The third-order valence-corrected chi connectivity index (χ3v) is 4.53. The van der Waals surface area contributed by atoms with E-state index in [9.17, 15) is 9.59 Å². The van der Waals surface area contributed by atoms with E-state index in [0.29, 0.717) is 0 Å². The van der Waals surface area contributed by atoms with Crippen LogP contribution in [0.1, 0.15) is 17.5 Å². The minimum atomic E-state index is -0.217. The first kappa shape index (κ1) is 23.6. The molecule has 0 atom stereocenters. The molecular weight excluding hydrogens is 384 g/mol. The molecule has 0 aliphatic heterocycles. The molecule has 0 unspecified atom stereocenters. The van der Waals surface area contributed by atoms with Gasteiger partial charge in [-0.1, -0.05) is 60.7 Å². The van der Waals surface area contributed by atoms with Gasteiger partial charge in [0.05, 0.1) is 6.42 Å². The van der Waals surface area contributed by atoms with Crippen LogP contribution in [-0.2, 0) is 9.59 Å². The van der Waals surface area contributed by atoms with E-state index in [1.54, 1.807) is 24.3 Å². The van der Waals surface area contributed by atoms with Crippen LogP contribution < -0.4 is 9.80 Å². The molecule has 0 spiro atoms. The molecule has 0 bridgehead atoms. The maximum absolute atomic E-state index is 11.9.